The molecule has 0 aromatic heterocycles. The Labute approximate surface area is 93.7 Å². The monoisotopic (exact) mass is 212 g/mol. The van der Waals surface area contributed by atoms with Crippen LogP contribution in [0.2, 0.25) is 0 Å². The third-order valence-electron chi connectivity index (χ3n) is 2.43. The lowest BCUT2D eigenvalue weighted by Crippen LogP contribution is -2.18. The Bertz CT molecular complexity index is 431. The first-order valence-electron chi connectivity index (χ1n) is 4.94. The summed E-state index contributed by atoms with van der Waals surface area (Å²) in [6, 6.07) is 16.2. The molecule has 1 aliphatic rings. The van der Waals surface area contributed by atoms with Crippen LogP contribution in [-0.4, -0.2) is 6.03 Å². The van der Waals surface area contributed by atoms with Crippen molar-refractivity contribution >= 4 is 6.03 Å². The number of hydrogen-bond donors (Lipinski definition) is 2. The van der Waals surface area contributed by atoms with Crippen LogP contribution in [0.25, 0.3) is 22.3 Å². The minimum absolute atomic E-state index is 0.833. The second kappa shape index (κ2) is 4.06. The third kappa shape index (κ3) is 1.75. The highest BCUT2D eigenvalue weighted by atomic mass is 16.2. The Balaban J connectivity index is 0.000000212. The summed E-state index contributed by atoms with van der Waals surface area (Å²) in [7, 11) is 0. The maximum Gasteiger partial charge on any atom is 0.309 e. The van der Waals surface area contributed by atoms with E-state index in [1.165, 1.54) is 22.3 Å². The van der Waals surface area contributed by atoms with E-state index in [-0.39, 0.29) is 0 Å². The Morgan fingerprint density at radius 2 is 0.875 bits per heavy atom. The van der Waals surface area contributed by atoms with Crippen molar-refractivity contribution in [3.05, 3.63) is 48.5 Å². The number of fused-ring (bicyclic) bond motifs is 4. The molecule has 80 valence electrons. The average molecular weight is 212 g/mol. The van der Waals surface area contributed by atoms with E-state index < -0.39 is 6.03 Å². The minimum Gasteiger partial charge on any atom is -0.352 e. The fraction of sp³-hybridized carbons (Fsp3) is 0. The highest BCUT2D eigenvalue weighted by molar-refractivity contribution is 6.02. The molecule has 3 rings (SSSR count). The number of urea groups is 1. The molecule has 1 aliphatic carbocycles. The quantitative estimate of drug-likeness (QED) is 0.590. The molecule has 2 aromatic carbocycles. The van der Waals surface area contributed by atoms with Gasteiger partial charge in [0.25, 0.3) is 0 Å². The molecule has 0 fully saturated rings. The molecular formula is C13H12N2O. The Kier molecular flexibility index (Phi) is 2.60. The van der Waals surface area contributed by atoms with Crippen molar-refractivity contribution in [3.63, 3.8) is 0 Å². The van der Waals surface area contributed by atoms with Crippen molar-refractivity contribution < 1.29 is 4.79 Å². The highest BCUT2D eigenvalue weighted by Gasteiger charge is 2.19. The summed E-state index contributed by atoms with van der Waals surface area (Å²) >= 11 is 0. The molecule has 2 aromatic rings. The van der Waals surface area contributed by atoms with Crippen molar-refractivity contribution in [1.29, 1.82) is 0 Å². The van der Waals surface area contributed by atoms with Gasteiger partial charge in [-0.15, -0.1) is 0 Å². The fourth-order valence-electron chi connectivity index (χ4n) is 1.84. The van der Waals surface area contributed by atoms with E-state index in [1.807, 2.05) is 0 Å². The number of carbonyl (C=O) groups is 1. The van der Waals surface area contributed by atoms with Crippen LogP contribution in [0.5, 0.6) is 0 Å². The average Bonchev–Trinajstić information content (AvgIpc) is 2.25. The van der Waals surface area contributed by atoms with Gasteiger partial charge in [-0.2, -0.15) is 0 Å². The van der Waals surface area contributed by atoms with E-state index in [1.54, 1.807) is 0 Å². The van der Waals surface area contributed by atoms with Crippen LogP contribution >= 0.6 is 0 Å². The van der Waals surface area contributed by atoms with Crippen LogP contribution < -0.4 is 11.5 Å². The lowest BCUT2D eigenvalue weighted by molar-refractivity contribution is 0.256. The number of rotatable bonds is 0. The molecular weight excluding hydrogens is 200 g/mol. The largest absolute Gasteiger partial charge is 0.352 e. The van der Waals surface area contributed by atoms with Crippen LogP contribution in [0.3, 0.4) is 0 Å². The molecule has 0 bridgehead atoms. The van der Waals surface area contributed by atoms with Gasteiger partial charge in [-0.05, 0) is 22.3 Å². The summed E-state index contributed by atoms with van der Waals surface area (Å²) in [5, 5.41) is 0. The topological polar surface area (TPSA) is 69.1 Å². The standard InChI is InChI=1S/C12H8.CH4N2O/c1-2-6-10-9(5-1)11-7-3-4-8-12(10)11;2-1(3)4/h1-8H;(H4,2,3,4). The summed E-state index contributed by atoms with van der Waals surface area (Å²) in [6.45, 7) is 0. The number of nitrogens with two attached hydrogens (primary N) is 2. The van der Waals surface area contributed by atoms with E-state index in [4.69, 9.17) is 4.79 Å². The lowest BCUT2D eigenvalue weighted by atomic mass is 9.81. The molecule has 4 N–H and O–H groups in total. The highest BCUT2D eigenvalue weighted by Crippen LogP contribution is 2.46. The van der Waals surface area contributed by atoms with E-state index in [0.29, 0.717) is 0 Å². The van der Waals surface area contributed by atoms with Crippen LogP contribution in [0, 0.1) is 0 Å². The van der Waals surface area contributed by atoms with Gasteiger partial charge in [0.15, 0.2) is 0 Å². The first-order valence-corrected chi connectivity index (χ1v) is 4.94. The van der Waals surface area contributed by atoms with Gasteiger partial charge in [0, 0.05) is 0 Å². The second-order valence-electron chi connectivity index (χ2n) is 3.49. The summed E-state index contributed by atoms with van der Waals surface area (Å²) < 4.78 is 0. The van der Waals surface area contributed by atoms with Gasteiger partial charge in [0.1, 0.15) is 0 Å². The molecule has 0 spiro atoms. The number of hydrogen-bond acceptors (Lipinski definition) is 1. The fourth-order valence-corrected chi connectivity index (χ4v) is 1.84. The zero-order valence-electron chi connectivity index (χ0n) is 8.68. The van der Waals surface area contributed by atoms with Gasteiger partial charge >= 0.3 is 6.03 Å². The SMILES string of the molecule is NC(N)=O.c1ccc2c(c1)-c1ccccc1-2. The zero-order valence-corrected chi connectivity index (χ0v) is 8.68. The second-order valence-corrected chi connectivity index (χ2v) is 3.49. The van der Waals surface area contributed by atoms with Gasteiger partial charge in [0.05, 0.1) is 0 Å². The zero-order chi connectivity index (χ0) is 11.5. The van der Waals surface area contributed by atoms with E-state index in [9.17, 15) is 0 Å². The van der Waals surface area contributed by atoms with Gasteiger partial charge < -0.3 is 11.5 Å². The minimum atomic E-state index is -0.833. The first-order chi connectivity index (χ1) is 7.70. The molecule has 0 heterocycles. The van der Waals surface area contributed by atoms with Crippen molar-refractivity contribution in [1.82, 2.24) is 0 Å². The van der Waals surface area contributed by atoms with Gasteiger partial charge in [-0.3, -0.25) is 0 Å². The summed E-state index contributed by atoms with van der Waals surface area (Å²) in [5.41, 5.74) is 14.1. The molecule has 3 nitrogen and oxygen atoms in total. The molecule has 2 amide bonds. The molecule has 0 saturated carbocycles. The lowest BCUT2D eigenvalue weighted by Gasteiger charge is -2.22. The predicted molar refractivity (Wildman–Crippen MR) is 64.6 cm³/mol. The summed E-state index contributed by atoms with van der Waals surface area (Å²) in [5.74, 6) is 0. The van der Waals surface area contributed by atoms with Crippen molar-refractivity contribution in [2.45, 2.75) is 0 Å². The van der Waals surface area contributed by atoms with Gasteiger partial charge in [-0.1, -0.05) is 48.5 Å². The molecule has 0 unspecified atom stereocenters. The van der Waals surface area contributed by atoms with Crippen molar-refractivity contribution in [3.8, 4) is 22.3 Å². The molecule has 3 heteroatoms. The van der Waals surface area contributed by atoms with Gasteiger partial charge in [-0.25, -0.2) is 4.79 Å². The number of primary amides is 2. The number of benzene rings is 2. The third-order valence-corrected chi connectivity index (χ3v) is 2.43. The smallest absolute Gasteiger partial charge is 0.309 e. The van der Waals surface area contributed by atoms with Crippen LogP contribution in [0.1, 0.15) is 0 Å². The molecule has 0 saturated heterocycles. The Morgan fingerprint density at radius 1 is 0.688 bits per heavy atom. The van der Waals surface area contributed by atoms with Crippen LogP contribution in [0.4, 0.5) is 4.79 Å². The summed E-state index contributed by atoms with van der Waals surface area (Å²) in [4.78, 5) is 9.00. The molecule has 16 heavy (non-hydrogen) atoms. The normalized spacial score (nSPS) is 10.0. The number of amides is 2. The van der Waals surface area contributed by atoms with Crippen molar-refractivity contribution in [2.24, 2.45) is 11.5 Å². The number of carbonyl (C=O) groups excluding carboxylic acids is 1. The molecule has 0 radical (unpaired) electrons. The first kappa shape index (κ1) is 10.2. The van der Waals surface area contributed by atoms with E-state index >= 15 is 0 Å². The Hall–Kier alpha value is -2.29. The Morgan fingerprint density at radius 3 is 1.06 bits per heavy atom. The predicted octanol–water partition coefficient (Wildman–Crippen LogP) is 2.36. The summed E-state index contributed by atoms with van der Waals surface area (Å²) in [6.07, 6.45) is 0. The van der Waals surface area contributed by atoms with Crippen LogP contribution in [-0.2, 0) is 0 Å². The van der Waals surface area contributed by atoms with E-state index in [2.05, 4.69) is 60.0 Å². The van der Waals surface area contributed by atoms with Crippen LogP contribution in [0.15, 0.2) is 48.5 Å². The van der Waals surface area contributed by atoms with E-state index in [0.717, 1.165) is 0 Å². The van der Waals surface area contributed by atoms with Gasteiger partial charge in [0.2, 0.25) is 0 Å². The maximum atomic E-state index is 9.00. The van der Waals surface area contributed by atoms with Crippen molar-refractivity contribution in [2.75, 3.05) is 0 Å². The maximum absolute atomic E-state index is 9.00. The molecule has 0 atom stereocenters. The molecule has 0 aliphatic heterocycles.